The Labute approximate surface area is 229 Å². The lowest BCUT2D eigenvalue weighted by molar-refractivity contribution is -0.143. The first-order valence-electron chi connectivity index (χ1n) is 12.5. The molecule has 0 saturated carbocycles. The van der Waals surface area contributed by atoms with Crippen LogP contribution in [0.15, 0.2) is 66.7 Å². The lowest BCUT2D eigenvalue weighted by atomic mass is 10.0. The molecule has 0 saturated heterocycles. The molecule has 37 heavy (non-hydrogen) atoms. The van der Waals surface area contributed by atoms with Crippen LogP contribution in [0.1, 0.15) is 42.5 Å². The minimum Gasteiger partial charge on any atom is -0.483 e. The smallest absolute Gasteiger partial charge is 0.261 e. The quantitative estimate of drug-likeness (QED) is 0.300. The van der Waals surface area contributed by atoms with Crippen molar-refractivity contribution in [2.45, 2.75) is 59.2 Å². The molecule has 0 heterocycles. The summed E-state index contributed by atoms with van der Waals surface area (Å²) in [6, 6.07) is 19.8. The fourth-order valence-electron chi connectivity index (χ4n) is 3.93. The molecule has 1 N–H and O–H groups in total. The molecule has 0 radical (unpaired) electrons. The van der Waals surface area contributed by atoms with Gasteiger partial charge in [-0.15, -0.1) is 0 Å². The molecule has 2 amide bonds. The van der Waals surface area contributed by atoms with E-state index in [4.69, 9.17) is 27.9 Å². The van der Waals surface area contributed by atoms with E-state index in [-0.39, 0.29) is 31.0 Å². The number of hydrogen-bond acceptors (Lipinski definition) is 3. The summed E-state index contributed by atoms with van der Waals surface area (Å²) in [7, 11) is 0. The summed E-state index contributed by atoms with van der Waals surface area (Å²) in [6.45, 7) is 7.68. The van der Waals surface area contributed by atoms with Gasteiger partial charge in [-0.25, -0.2) is 0 Å². The van der Waals surface area contributed by atoms with Crippen LogP contribution in [-0.2, 0) is 22.6 Å². The summed E-state index contributed by atoms with van der Waals surface area (Å²) >= 11 is 13.0. The maximum atomic E-state index is 13.8. The van der Waals surface area contributed by atoms with E-state index in [1.165, 1.54) is 4.90 Å². The number of carbonyl (C=O) groups excluding carboxylic acids is 2. The van der Waals surface area contributed by atoms with Gasteiger partial charge in [-0.3, -0.25) is 9.59 Å². The Balaban J connectivity index is 1.98. The standard InChI is InChI=1S/C30H34Cl2N2O3/c1-5-22(4)33-30(36)27(17-23-10-7-6-8-11-23)34(18-24-25(31)12-9-13-26(24)32)29(35)19-37-28-16-20(2)14-15-21(28)3/h6-16,22,27H,5,17-19H2,1-4H3,(H,33,36)/t22-,27-/m0/s1. The van der Waals surface area contributed by atoms with Gasteiger partial charge >= 0.3 is 0 Å². The van der Waals surface area contributed by atoms with Gasteiger partial charge in [0.1, 0.15) is 11.8 Å². The molecule has 0 aliphatic rings. The highest BCUT2D eigenvalue weighted by Crippen LogP contribution is 2.27. The summed E-state index contributed by atoms with van der Waals surface area (Å²) in [6.07, 6.45) is 1.10. The molecule has 196 valence electrons. The van der Waals surface area contributed by atoms with Gasteiger partial charge in [0.2, 0.25) is 5.91 Å². The number of benzene rings is 3. The van der Waals surface area contributed by atoms with Crippen LogP contribution < -0.4 is 10.1 Å². The second-order valence-electron chi connectivity index (χ2n) is 9.30. The third-order valence-electron chi connectivity index (χ3n) is 6.36. The Kier molecular flexibility index (Phi) is 10.4. The average Bonchev–Trinajstić information content (AvgIpc) is 2.88. The molecular weight excluding hydrogens is 507 g/mol. The van der Waals surface area contributed by atoms with Crippen LogP contribution in [0.4, 0.5) is 0 Å². The zero-order valence-corrected chi connectivity index (χ0v) is 23.3. The van der Waals surface area contributed by atoms with Gasteiger partial charge in [0.25, 0.3) is 5.91 Å². The average molecular weight is 542 g/mol. The zero-order valence-electron chi connectivity index (χ0n) is 21.8. The summed E-state index contributed by atoms with van der Waals surface area (Å²) in [5, 5.41) is 3.91. The maximum Gasteiger partial charge on any atom is 0.261 e. The lowest BCUT2D eigenvalue weighted by Crippen LogP contribution is -2.53. The van der Waals surface area contributed by atoms with Crippen molar-refractivity contribution in [3.8, 4) is 5.75 Å². The number of rotatable bonds is 11. The molecule has 3 aromatic carbocycles. The first kappa shape index (κ1) is 28.5. The molecule has 0 spiro atoms. The fourth-order valence-corrected chi connectivity index (χ4v) is 4.45. The number of halogens is 2. The monoisotopic (exact) mass is 540 g/mol. The van der Waals surface area contributed by atoms with Crippen LogP contribution in [0.3, 0.4) is 0 Å². The molecule has 0 aliphatic carbocycles. The van der Waals surface area contributed by atoms with E-state index in [0.717, 1.165) is 23.1 Å². The van der Waals surface area contributed by atoms with E-state index in [1.807, 2.05) is 76.2 Å². The minimum atomic E-state index is -0.793. The predicted molar refractivity (Wildman–Crippen MR) is 150 cm³/mol. The number of ether oxygens (including phenoxy) is 1. The van der Waals surface area contributed by atoms with Gasteiger partial charge in [0.05, 0.1) is 0 Å². The lowest BCUT2D eigenvalue weighted by Gasteiger charge is -2.32. The Morgan fingerprint density at radius 3 is 2.30 bits per heavy atom. The van der Waals surface area contributed by atoms with Crippen molar-refractivity contribution in [3.05, 3.63) is 99.0 Å². The molecule has 3 rings (SSSR count). The van der Waals surface area contributed by atoms with Gasteiger partial charge in [-0.05, 0) is 62.1 Å². The van der Waals surface area contributed by atoms with Gasteiger partial charge in [-0.1, -0.05) is 78.7 Å². The number of amides is 2. The summed E-state index contributed by atoms with van der Waals surface area (Å²) in [5.74, 6) is 0.0614. The normalized spacial score (nSPS) is 12.5. The molecule has 0 aromatic heterocycles. The third-order valence-corrected chi connectivity index (χ3v) is 7.07. The highest BCUT2D eigenvalue weighted by Gasteiger charge is 2.32. The molecule has 2 atom stereocenters. The third kappa shape index (κ3) is 7.98. The van der Waals surface area contributed by atoms with Gasteiger partial charge in [-0.2, -0.15) is 0 Å². The van der Waals surface area contributed by atoms with E-state index in [9.17, 15) is 9.59 Å². The maximum absolute atomic E-state index is 13.8. The SMILES string of the molecule is CC[C@H](C)NC(=O)[C@H](Cc1ccccc1)N(Cc1c(Cl)cccc1Cl)C(=O)COc1cc(C)ccc1C. The van der Waals surface area contributed by atoms with Crippen molar-refractivity contribution in [2.75, 3.05) is 6.61 Å². The van der Waals surface area contributed by atoms with Crippen LogP contribution in [-0.4, -0.2) is 35.4 Å². The van der Waals surface area contributed by atoms with Gasteiger partial charge in [0, 0.05) is 34.6 Å². The Bertz CT molecular complexity index is 1200. The molecule has 7 heteroatoms. The highest BCUT2D eigenvalue weighted by molar-refractivity contribution is 6.36. The molecule has 0 aliphatic heterocycles. The van der Waals surface area contributed by atoms with Crippen molar-refractivity contribution in [3.63, 3.8) is 0 Å². The number of nitrogens with zero attached hydrogens (tertiary/aromatic N) is 1. The van der Waals surface area contributed by atoms with Crippen molar-refractivity contribution in [1.29, 1.82) is 0 Å². The van der Waals surface area contributed by atoms with Crippen LogP contribution in [0.25, 0.3) is 0 Å². The largest absolute Gasteiger partial charge is 0.483 e. The van der Waals surface area contributed by atoms with Crippen molar-refractivity contribution in [2.24, 2.45) is 0 Å². The van der Waals surface area contributed by atoms with Crippen LogP contribution in [0.2, 0.25) is 10.0 Å². The molecule has 0 bridgehead atoms. The van der Waals surface area contributed by atoms with E-state index in [2.05, 4.69) is 5.32 Å². The molecule has 5 nitrogen and oxygen atoms in total. The topological polar surface area (TPSA) is 58.6 Å². The second-order valence-corrected chi connectivity index (χ2v) is 10.1. The van der Waals surface area contributed by atoms with Gasteiger partial charge < -0.3 is 15.0 Å². The predicted octanol–water partition coefficient (Wildman–Crippen LogP) is 6.54. The number of aryl methyl sites for hydroxylation is 2. The molecule has 0 unspecified atom stereocenters. The first-order chi connectivity index (χ1) is 17.7. The van der Waals surface area contributed by atoms with Crippen molar-refractivity contribution < 1.29 is 14.3 Å². The Morgan fingerprint density at radius 2 is 1.65 bits per heavy atom. The van der Waals surface area contributed by atoms with E-state index >= 15 is 0 Å². The minimum absolute atomic E-state index is 0.0437. The summed E-state index contributed by atoms with van der Waals surface area (Å²) in [4.78, 5) is 28.9. The molecular formula is C30H34Cl2N2O3. The van der Waals surface area contributed by atoms with Gasteiger partial charge in [0.15, 0.2) is 6.61 Å². The van der Waals surface area contributed by atoms with Crippen molar-refractivity contribution >= 4 is 35.0 Å². The molecule has 3 aromatic rings. The number of carbonyl (C=O) groups is 2. The Morgan fingerprint density at radius 1 is 0.973 bits per heavy atom. The number of nitrogens with one attached hydrogen (secondary N) is 1. The Hall–Kier alpha value is -3.02. The number of hydrogen-bond donors (Lipinski definition) is 1. The van der Waals surface area contributed by atoms with Crippen LogP contribution >= 0.6 is 23.2 Å². The van der Waals surface area contributed by atoms with E-state index in [1.54, 1.807) is 18.2 Å². The van der Waals surface area contributed by atoms with E-state index in [0.29, 0.717) is 27.8 Å². The molecule has 0 fully saturated rings. The van der Waals surface area contributed by atoms with Crippen LogP contribution in [0, 0.1) is 13.8 Å². The first-order valence-corrected chi connectivity index (χ1v) is 13.2. The zero-order chi connectivity index (χ0) is 26.9. The van der Waals surface area contributed by atoms with Crippen LogP contribution in [0.5, 0.6) is 5.75 Å². The van der Waals surface area contributed by atoms with Crippen molar-refractivity contribution in [1.82, 2.24) is 10.2 Å². The second kappa shape index (κ2) is 13.5. The van der Waals surface area contributed by atoms with E-state index < -0.39 is 6.04 Å². The summed E-state index contributed by atoms with van der Waals surface area (Å²) in [5.41, 5.74) is 3.47. The highest BCUT2D eigenvalue weighted by atomic mass is 35.5. The summed E-state index contributed by atoms with van der Waals surface area (Å²) < 4.78 is 5.95. The fraction of sp³-hybridized carbons (Fsp3) is 0.333.